The molecule has 1 aliphatic rings. The van der Waals surface area contributed by atoms with Gasteiger partial charge < -0.3 is 15.7 Å². The predicted molar refractivity (Wildman–Crippen MR) is 139 cm³/mol. The number of aliphatic hydroxyl groups excluding tert-OH is 1. The molecule has 1 fully saturated rings. The first-order chi connectivity index (χ1) is 14.1. The van der Waals surface area contributed by atoms with E-state index in [1.165, 1.54) is 5.56 Å². The minimum Gasteiger partial charge on any atom is -0.396 e. The second kappa shape index (κ2) is 14.2. The SMILES string of the molecule is CCNC(=NCC(CC)(CC)CCO)NC1CCN(C(C)c2ccccc2)CC1.I. The first-order valence-corrected chi connectivity index (χ1v) is 11.5. The van der Waals surface area contributed by atoms with E-state index in [2.05, 4.69) is 73.6 Å². The molecule has 5 nitrogen and oxygen atoms in total. The zero-order valence-electron chi connectivity index (χ0n) is 19.4. The number of rotatable bonds is 10. The standard InChI is InChI=1S/C24H42N4O.HI/c1-5-24(6-2,15-18-29)19-26-23(25-7-3)27-22-13-16-28(17-14-22)20(4)21-11-9-8-10-12-21;/h8-12,20,22,29H,5-7,13-19H2,1-4H3,(H2,25,26,27);1H. The summed E-state index contributed by atoms with van der Waals surface area (Å²) in [6, 6.07) is 11.7. The molecule has 0 aliphatic carbocycles. The van der Waals surface area contributed by atoms with Crippen LogP contribution in [0.25, 0.3) is 0 Å². The number of aliphatic imine (C=N–C) groups is 1. The number of likely N-dealkylation sites (tertiary alicyclic amines) is 1. The van der Waals surface area contributed by atoms with E-state index in [0.29, 0.717) is 12.1 Å². The molecule has 1 saturated heterocycles. The van der Waals surface area contributed by atoms with E-state index in [-0.39, 0.29) is 36.0 Å². The van der Waals surface area contributed by atoms with Gasteiger partial charge in [-0.05, 0) is 56.9 Å². The van der Waals surface area contributed by atoms with Gasteiger partial charge in [-0.15, -0.1) is 24.0 Å². The molecule has 0 radical (unpaired) electrons. The van der Waals surface area contributed by atoms with Gasteiger partial charge in [-0.1, -0.05) is 44.2 Å². The lowest BCUT2D eigenvalue weighted by Crippen LogP contribution is -2.49. The molecule has 1 unspecified atom stereocenters. The van der Waals surface area contributed by atoms with E-state index in [9.17, 15) is 5.11 Å². The van der Waals surface area contributed by atoms with Gasteiger partial charge in [-0.3, -0.25) is 9.89 Å². The van der Waals surface area contributed by atoms with E-state index in [1.807, 2.05) is 0 Å². The molecule has 1 aromatic rings. The number of nitrogens with zero attached hydrogens (tertiary/aromatic N) is 2. The van der Waals surface area contributed by atoms with Gasteiger partial charge in [0.05, 0.1) is 0 Å². The Balaban J connectivity index is 0.00000450. The van der Waals surface area contributed by atoms with E-state index in [0.717, 1.165) is 64.2 Å². The summed E-state index contributed by atoms with van der Waals surface area (Å²) in [6.07, 6.45) is 5.17. The summed E-state index contributed by atoms with van der Waals surface area (Å²) >= 11 is 0. The lowest BCUT2D eigenvalue weighted by Gasteiger charge is -2.37. The van der Waals surface area contributed by atoms with Crippen LogP contribution < -0.4 is 10.6 Å². The number of hydrogen-bond donors (Lipinski definition) is 3. The summed E-state index contributed by atoms with van der Waals surface area (Å²) in [5.74, 6) is 0.922. The second-order valence-electron chi connectivity index (χ2n) is 8.42. The Labute approximate surface area is 201 Å². The number of guanidine groups is 1. The maximum absolute atomic E-state index is 9.46. The van der Waals surface area contributed by atoms with Crippen molar-refractivity contribution >= 4 is 29.9 Å². The normalized spacial score (nSPS) is 17.3. The van der Waals surface area contributed by atoms with Crippen molar-refractivity contribution in [2.24, 2.45) is 10.4 Å². The van der Waals surface area contributed by atoms with Crippen molar-refractivity contribution in [1.82, 2.24) is 15.5 Å². The Morgan fingerprint density at radius 2 is 1.80 bits per heavy atom. The van der Waals surface area contributed by atoms with Gasteiger partial charge in [0.2, 0.25) is 0 Å². The van der Waals surface area contributed by atoms with Gasteiger partial charge in [-0.2, -0.15) is 0 Å². The average molecular weight is 531 g/mol. The second-order valence-corrected chi connectivity index (χ2v) is 8.42. The number of halogens is 1. The molecule has 6 heteroatoms. The lowest BCUT2D eigenvalue weighted by molar-refractivity contribution is 0.157. The zero-order chi connectivity index (χ0) is 21.1. The maximum atomic E-state index is 9.46. The largest absolute Gasteiger partial charge is 0.396 e. The molecule has 2 rings (SSSR count). The molecule has 1 aliphatic heterocycles. The van der Waals surface area contributed by atoms with Crippen molar-refractivity contribution in [3.8, 4) is 0 Å². The molecule has 30 heavy (non-hydrogen) atoms. The number of benzene rings is 1. The smallest absolute Gasteiger partial charge is 0.191 e. The summed E-state index contributed by atoms with van der Waals surface area (Å²) in [5.41, 5.74) is 1.50. The van der Waals surface area contributed by atoms with Gasteiger partial charge in [0, 0.05) is 44.9 Å². The van der Waals surface area contributed by atoms with E-state index in [1.54, 1.807) is 0 Å². The topological polar surface area (TPSA) is 59.9 Å². The first kappa shape index (κ1) is 27.2. The van der Waals surface area contributed by atoms with Crippen molar-refractivity contribution in [3.05, 3.63) is 35.9 Å². The summed E-state index contributed by atoms with van der Waals surface area (Å²) in [7, 11) is 0. The Bertz CT molecular complexity index is 598. The zero-order valence-corrected chi connectivity index (χ0v) is 21.7. The molecule has 1 atom stereocenters. The molecular weight excluding hydrogens is 487 g/mol. The maximum Gasteiger partial charge on any atom is 0.191 e. The molecule has 0 aromatic heterocycles. The molecule has 1 aromatic carbocycles. The highest BCUT2D eigenvalue weighted by Crippen LogP contribution is 2.30. The highest BCUT2D eigenvalue weighted by atomic mass is 127. The Kier molecular flexibility index (Phi) is 12.9. The van der Waals surface area contributed by atoms with Gasteiger partial charge in [-0.25, -0.2) is 0 Å². The third-order valence-corrected chi connectivity index (χ3v) is 6.76. The van der Waals surface area contributed by atoms with Crippen molar-refractivity contribution in [2.45, 2.75) is 71.9 Å². The van der Waals surface area contributed by atoms with Crippen LogP contribution in [0.3, 0.4) is 0 Å². The highest BCUT2D eigenvalue weighted by molar-refractivity contribution is 14.0. The van der Waals surface area contributed by atoms with Gasteiger partial charge in [0.25, 0.3) is 0 Å². The summed E-state index contributed by atoms with van der Waals surface area (Å²) < 4.78 is 0. The Morgan fingerprint density at radius 1 is 1.17 bits per heavy atom. The average Bonchev–Trinajstić information content (AvgIpc) is 2.77. The first-order valence-electron chi connectivity index (χ1n) is 11.5. The fourth-order valence-corrected chi connectivity index (χ4v) is 4.28. The molecule has 0 bridgehead atoms. The van der Waals surface area contributed by atoms with Gasteiger partial charge in [0.15, 0.2) is 5.96 Å². The lowest BCUT2D eigenvalue weighted by atomic mass is 9.79. The minimum atomic E-state index is 0. The van der Waals surface area contributed by atoms with E-state index in [4.69, 9.17) is 4.99 Å². The van der Waals surface area contributed by atoms with Gasteiger partial charge in [0.1, 0.15) is 0 Å². The van der Waals surface area contributed by atoms with Crippen LogP contribution in [0.2, 0.25) is 0 Å². The third kappa shape index (κ3) is 8.00. The monoisotopic (exact) mass is 530 g/mol. The fourth-order valence-electron chi connectivity index (χ4n) is 4.28. The molecule has 3 N–H and O–H groups in total. The quantitative estimate of drug-likeness (QED) is 0.236. The molecule has 0 spiro atoms. The summed E-state index contributed by atoms with van der Waals surface area (Å²) in [4.78, 5) is 7.49. The summed E-state index contributed by atoms with van der Waals surface area (Å²) in [6.45, 7) is 12.9. The number of nitrogens with one attached hydrogen (secondary N) is 2. The van der Waals surface area contributed by atoms with Crippen molar-refractivity contribution < 1.29 is 5.11 Å². The van der Waals surface area contributed by atoms with Crippen LogP contribution in [0.15, 0.2) is 35.3 Å². The molecular formula is C24H43IN4O. The van der Waals surface area contributed by atoms with E-state index < -0.39 is 0 Å². The van der Waals surface area contributed by atoms with Crippen LogP contribution in [0.1, 0.15) is 71.4 Å². The van der Waals surface area contributed by atoms with Crippen molar-refractivity contribution in [2.75, 3.05) is 32.8 Å². The Morgan fingerprint density at radius 3 is 2.33 bits per heavy atom. The van der Waals surface area contributed by atoms with Crippen LogP contribution >= 0.6 is 24.0 Å². The van der Waals surface area contributed by atoms with Crippen LogP contribution in [-0.2, 0) is 0 Å². The highest BCUT2D eigenvalue weighted by Gasteiger charge is 2.27. The van der Waals surface area contributed by atoms with Crippen LogP contribution in [0.4, 0.5) is 0 Å². The van der Waals surface area contributed by atoms with Crippen molar-refractivity contribution in [3.63, 3.8) is 0 Å². The van der Waals surface area contributed by atoms with Crippen LogP contribution in [-0.4, -0.2) is 54.8 Å². The summed E-state index contributed by atoms with van der Waals surface area (Å²) in [5, 5.41) is 16.5. The van der Waals surface area contributed by atoms with Crippen LogP contribution in [0.5, 0.6) is 0 Å². The number of piperidine rings is 1. The van der Waals surface area contributed by atoms with Crippen LogP contribution in [0, 0.1) is 5.41 Å². The molecule has 172 valence electrons. The predicted octanol–water partition coefficient (Wildman–Crippen LogP) is 4.57. The van der Waals surface area contributed by atoms with Crippen molar-refractivity contribution in [1.29, 1.82) is 0 Å². The number of aliphatic hydroxyl groups is 1. The number of hydrogen-bond acceptors (Lipinski definition) is 3. The van der Waals surface area contributed by atoms with E-state index >= 15 is 0 Å². The third-order valence-electron chi connectivity index (χ3n) is 6.76. The van der Waals surface area contributed by atoms with Gasteiger partial charge >= 0.3 is 0 Å². The molecule has 0 amide bonds. The molecule has 0 saturated carbocycles. The fraction of sp³-hybridized carbons (Fsp3) is 0.708. The molecule has 1 heterocycles. The minimum absolute atomic E-state index is 0. The Hall–Kier alpha value is -0.860.